The van der Waals surface area contributed by atoms with Crippen LogP contribution in [0.5, 0.6) is 0 Å². The molecule has 1 rings (SSSR count). The lowest BCUT2D eigenvalue weighted by Crippen LogP contribution is -2.39. The highest BCUT2D eigenvalue weighted by Crippen LogP contribution is 2.26. The summed E-state index contributed by atoms with van der Waals surface area (Å²) < 4.78 is 0. The fourth-order valence-electron chi connectivity index (χ4n) is 1.05. The van der Waals surface area contributed by atoms with Crippen molar-refractivity contribution in [2.24, 2.45) is 0 Å². The molecule has 0 aliphatic carbocycles. The average Bonchev–Trinajstić information content (AvgIpc) is 2.27. The van der Waals surface area contributed by atoms with E-state index in [1.165, 1.54) is 18.7 Å². The first-order valence-corrected chi connectivity index (χ1v) is 6.26. The standard InChI is InChI=1S/C11H12ClNO3S/c1-7(11(15)16)13-10(14)6-17-9-5-3-2-4-8(9)12/h2-5,7H,6H2,1H3,(H,13,14)(H,15,16). The molecule has 4 nitrogen and oxygen atoms in total. The zero-order valence-corrected chi connectivity index (χ0v) is 10.7. The topological polar surface area (TPSA) is 66.4 Å². The number of amides is 1. The van der Waals surface area contributed by atoms with Gasteiger partial charge in [-0.05, 0) is 19.1 Å². The Labute approximate surface area is 108 Å². The van der Waals surface area contributed by atoms with E-state index in [1.54, 1.807) is 18.2 Å². The Morgan fingerprint density at radius 2 is 2.12 bits per heavy atom. The van der Waals surface area contributed by atoms with Crippen LogP contribution in [0.15, 0.2) is 29.2 Å². The van der Waals surface area contributed by atoms with E-state index in [1.807, 2.05) is 6.07 Å². The van der Waals surface area contributed by atoms with Gasteiger partial charge in [-0.25, -0.2) is 0 Å². The summed E-state index contributed by atoms with van der Waals surface area (Å²) in [5.74, 6) is -1.24. The first kappa shape index (κ1) is 13.9. The predicted molar refractivity (Wildman–Crippen MR) is 67.4 cm³/mol. The molecule has 92 valence electrons. The molecule has 0 heterocycles. The van der Waals surface area contributed by atoms with Gasteiger partial charge >= 0.3 is 5.97 Å². The Hall–Kier alpha value is -1.20. The van der Waals surface area contributed by atoms with Crippen LogP contribution in [0.4, 0.5) is 0 Å². The van der Waals surface area contributed by atoms with Crippen molar-refractivity contribution in [2.45, 2.75) is 17.9 Å². The zero-order valence-electron chi connectivity index (χ0n) is 9.14. The van der Waals surface area contributed by atoms with Gasteiger partial charge in [-0.2, -0.15) is 0 Å². The largest absolute Gasteiger partial charge is 0.480 e. The number of benzene rings is 1. The van der Waals surface area contributed by atoms with Crippen LogP contribution < -0.4 is 5.32 Å². The van der Waals surface area contributed by atoms with E-state index in [0.717, 1.165) is 4.90 Å². The molecule has 2 N–H and O–H groups in total. The molecule has 0 saturated heterocycles. The van der Waals surface area contributed by atoms with E-state index in [0.29, 0.717) is 5.02 Å². The molecule has 1 aromatic carbocycles. The van der Waals surface area contributed by atoms with E-state index >= 15 is 0 Å². The van der Waals surface area contributed by atoms with Crippen molar-refractivity contribution in [2.75, 3.05) is 5.75 Å². The van der Waals surface area contributed by atoms with Gasteiger partial charge in [0.25, 0.3) is 0 Å². The number of carbonyl (C=O) groups excluding carboxylic acids is 1. The third-order valence-corrected chi connectivity index (χ3v) is 3.46. The van der Waals surface area contributed by atoms with Crippen molar-refractivity contribution in [1.82, 2.24) is 5.32 Å². The van der Waals surface area contributed by atoms with Gasteiger partial charge in [-0.3, -0.25) is 9.59 Å². The summed E-state index contributed by atoms with van der Waals surface area (Å²) in [6.07, 6.45) is 0. The fourth-order valence-corrected chi connectivity index (χ4v) is 2.10. The first-order valence-electron chi connectivity index (χ1n) is 4.90. The number of rotatable bonds is 5. The predicted octanol–water partition coefficient (Wildman–Crippen LogP) is 2.02. The van der Waals surface area contributed by atoms with E-state index in [2.05, 4.69) is 5.32 Å². The molecule has 0 fully saturated rings. The minimum atomic E-state index is -1.05. The highest BCUT2D eigenvalue weighted by molar-refractivity contribution is 8.00. The molecular weight excluding hydrogens is 262 g/mol. The molecule has 1 atom stereocenters. The number of carbonyl (C=O) groups is 2. The van der Waals surface area contributed by atoms with Gasteiger partial charge in [-0.1, -0.05) is 23.7 Å². The molecule has 0 aliphatic rings. The minimum Gasteiger partial charge on any atom is -0.480 e. The van der Waals surface area contributed by atoms with Crippen molar-refractivity contribution in [3.8, 4) is 0 Å². The van der Waals surface area contributed by atoms with Crippen LogP contribution in [0.2, 0.25) is 5.02 Å². The highest BCUT2D eigenvalue weighted by Gasteiger charge is 2.14. The van der Waals surface area contributed by atoms with E-state index < -0.39 is 12.0 Å². The third-order valence-electron chi connectivity index (χ3n) is 1.94. The smallest absolute Gasteiger partial charge is 0.325 e. The molecule has 0 bridgehead atoms. The zero-order chi connectivity index (χ0) is 12.8. The summed E-state index contributed by atoms with van der Waals surface area (Å²) in [6.45, 7) is 1.42. The molecule has 1 aromatic rings. The van der Waals surface area contributed by atoms with Crippen LogP contribution in [-0.4, -0.2) is 28.8 Å². The normalized spacial score (nSPS) is 11.9. The number of carboxylic acid groups (broad SMARTS) is 1. The van der Waals surface area contributed by atoms with Crippen LogP contribution >= 0.6 is 23.4 Å². The molecule has 0 spiro atoms. The SMILES string of the molecule is CC(NC(=O)CSc1ccccc1Cl)C(=O)O. The van der Waals surface area contributed by atoms with Crippen LogP contribution in [-0.2, 0) is 9.59 Å². The maximum atomic E-state index is 11.4. The molecule has 0 radical (unpaired) electrons. The van der Waals surface area contributed by atoms with Gasteiger partial charge < -0.3 is 10.4 Å². The van der Waals surface area contributed by atoms with Crippen LogP contribution in [0, 0.1) is 0 Å². The van der Waals surface area contributed by atoms with Gasteiger partial charge in [0.1, 0.15) is 6.04 Å². The van der Waals surface area contributed by atoms with E-state index in [-0.39, 0.29) is 11.7 Å². The second-order valence-electron chi connectivity index (χ2n) is 3.35. The van der Waals surface area contributed by atoms with Gasteiger partial charge in [0.05, 0.1) is 10.8 Å². The van der Waals surface area contributed by atoms with Crippen molar-refractivity contribution in [3.63, 3.8) is 0 Å². The summed E-state index contributed by atoms with van der Waals surface area (Å²) >= 11 is 7.19. The Balaban J connectivity index is 2.44. The summed E-state index contributed by atoms with van der Waals surface area (Å²) in [5, 5.41) is 11.6. The Kier molecular flexibility index (Phi) is 5.31. The minimum absolute atomic E-state index is 0.140. The maximum Gasteiger partial charge on any atom is 0.325 e. The molecule has 1 amide bonds. The second kappa shape index (κ2) is 6.51. The maximum absolute atomic E-state index is 11.4. The van der Waals surface area contributed by atoms with Gasteiger partial charge in [0.15, 0.2) is 0 Å². The third kappa shape index (κ3) is 4.66. The summed E-state index contributed by atoms with van der Waals surface area (Å²) in [5.41, 5.74) is 0. The number of thioether (sulfide) groups is 1. The Bertz CT molecular complexity index is 425. The number of hydrogen-bond acceptors (Lipinski definition) is 3. The van der Waals surface area contributed by atoms with Gasteiger partial charge in [0.2, 0.25) is 5.91 Å². The molecule has 6 heteroatoms. The fraction of sp³-hybridized carbons (Fsp3) is 0.273. The van der Waals surface area contributed by atoms with Gasteiger partial charge in [-0.15, -0.1) is 11.8 Å². The summed E-state index contributed by atoms with van der Waals surface area (Å²) in [6, 6.07) is 6.29. The quantitative estimate of drug-likeness (QED) is 0.806. The van der Waals surface area contributed by atoms with Crippen molar-refractivity contribution in [3.05, 3.63) is 29.3 Å². The van der Waals surface area contributed by atoms with Crippen molar-refractivity contribution >= 4 is 35.2 Å². The molecule has 0 aromatic heterocycles. The number of nitrogens with one attached hydrogen (secondary N) is 1. The Morgan fingerprint density at radius 1 is 1.47 bits per heavy atom. The van der Waals surface area contributed by atoms with Crippen LogP contribution in [0.25, 0.3) is 0 Å². The number of halogens is 1. The highest BCUT2D eigenvalue weighted by atomic mass is 35.5. The summed E-state index contributed by atoms with van der Waals surface area (Å²) in [7, 11) is 0. The van der Waals surface area contributed by atoms with Crippen molar-refractivity contribution < 1.29 is 14.7 Å². The number of hydrogen-bond donors (Lipinski definition) is 2. The lowest BCUT2D eigenvalue weighted by atomic mass is 10.3. The van der Waals surface area contributed by atoms with Crippen LogP contribution in [0.1, 0.15) is 6.92 Å². The van der Waals surface area contributed by atoms with Crippen LogP contribution in [0.3, 0.4) is 0 Å². The average molecular weight is 274 g/mol. The Morgan fingerprint density at radius 3 is 2.71 bits per heavy atom. The lowest BCUT2D eigenvalue weighted by molar-refractivity contribution is -0.140. The van der Waals surface area contributed by atoms with Crippen molar-refractivity contribution in [1.29, 1.82) is 0 Å². The number of aliphatic carboxylic acids is 1. The van der Waals surface area contributed by atoms with E-state index in [4.69, 9.17) is 16.7 Å². The molecule has 1 unspecified atom stereocenters. The summed E-state index contributed by atoms with van der Waals surface area (Å²) in [4.78, 5) is 22.7. The van der Waals surface area contributed by atoms with E-state index in [9.17, 15) is 9.59 Å². The molecule has 0 saturated carbocycles. The lowest BCUT2D eigenvalue weighted by Gasteiger charge is -2.09. The van der Waals surface area contributed by atoms with Gasteiger partial charge in [0, 0.05) is 4.90 Å². The molecular formula is C11H12ClNO3S. The molecule has 17 heavy (non-hydrogen) atoms. The molecule has 0 aliphatic heterocycles. The second-order valence-corrected chi connectivity index (χ2v) is 4.77. The number of carboxylic acids is 1. The first-order chi connectivity index (χ1) is 8.00. The monoisotopic (exact) mass is 273 g/mol.